The summed E-state index contributed by atoms with van der Waals surface area (Å²) in [5.74, 6) is -1.54. The van der Waals surface area contributed by atoms with E-state index in [4.69, 9.17) is 0 Å². The van der Waals surface area contributed by atoms with Crippen molar-refractivity contribution in [2.75, 3.05) is 13.1 Å². The molecule has 7 nitrogen and oxygen atoms in total. The van der Waals surface area contributed by atoms with Crippen LogP contribution in [0.3, 0.4) is 0 Å². The monoisotopic (exact) mass is 407 g/mol. The van der Waals surface area contributed by atoms with Crippen molar-refractivity contribution in [1.29, 1.82) is 0 Å². The Morgan fingerprint density at radius 2 is 1.79 bits per heavy atom. The van der Waals surface area contributed by atoms with E-state index in [1.165, 1.54) is 19.0 Å². The van der Waals surface area contributed by atoms with Crippen molar-refractivity contribution in [3.63, 3.8) is 0 Å². The van der Waals surface area contributed by atoms with E-state index in [2.05, 4.69) is 15.1 Å². The van der Waals surface area contributed by atoms with E-state index < -0.39 is 5.92 Å². The van der Waals surface area contributed by atoms with Gasteiger partial charge in [0.25, 0.3) is 5.56 Å². The number of carbonyl (C=O) groups is 1. The van der Waals surface area contributed by atoms with Gasteiger partial charge in [-0.3, -0.25) is 9.59 Å². The van der Waals surface area contributed by atoms with Crippen LogP contribution in [0.2, 0.25) is 0 Å². The lowest BCUT2D eigenvalue weighted by molar-refractivity contribution is -0.117. The molecule has 2 aromatic rings. The Hall–Kier alpha value is -2.32. The van der Waals surface area contributed by atoms with Gasteiger partial charge in [-0.25, -0.2) is 18.4 Å². The van der Waals surface area contributed by atoms with Gasteiger partial charge in [0.15, 0.2) is 5.65 Å². The molecule has 3 fully saturated rings. The third-order valence-electron chi connectivity index (χ3n) is 6.30. The van der Waals surface area contributed by atoms with Gasteiger partial charge in [0.05, 0.1) is 12.2 Å². The summed E-state index contributed by atoms with van der Waals surface area (Å²) in [5.41, 5.74) is 0.361. The minimum Gasteiger partial charge on any atom is -0.345 e. The first-order valence-electron chi connectivity index (χ1n) is 10.5. The molecule has 0 unspecified atom stereocenters. The Labute approximate surface area is 167 Å². The fourth-order valence-corrected chi connectivity index (χ4v) is 4.21. The first kappa shape index (κ1) is 20.0. The molecule has 2 saturated carbocycles. The molecule has 1 saturated heterocycles. The van der Waals surface area contributed by atoms with E-state index in [0.29, 0.717) is 35.6 Å². The first-order chi connectivity index (χ1) is 14.0. The van der Waals surface area contributed by atoms with Crippen LogP contribution < -0.4 is 5.56 Å². The number of carbonyl (C=O) groups excluding carboxylic acids is 1. The highest BCUT2D eigenvalue weighted by atomic mass is 19.3. The summed E-state index contributed by atoms with van der Waals surface area (Å²) in [7, 11) is 0. The lowest BCUT2D eigenvalue weighted by Gasteiger charge is -2.28. The van der Waals surface area contributed by atoms with Gasteiger partial charge >= 0.3 is 0 Å². The predicted octanol–water partition coefficient (Wildman–Crippen LogP) is 3.38. The average Bonchev–Trinajstić information content (AvgIpc) is 3.31. The van der Waals surface area contributed by atoms with Crippen molar-refractivity contribution in [3.05, 3.63) is 22.4 Å². The molecule has 2 aromatic heterocycles. The van der Waals surface area contributed by atoms with E-state index in [9.17, 15) is 18.4 Å². The maximum absolute atomic E-state index is 13.3. The number of nitrogens with one attached hydrogen (secondary N) is 1. The van der Waals surface area contributed by atoms with Crippen LogP contribution >= 0.6 is 0 Å². The van der Waals surface area contributed by atoms with E-state index in [0.717, 1.165) is 38.8 Å². The number of hydrogen-bond acceptors (Lipinski definition) is 4. The number of nitrogens with zero attached hydrogens (tertiary/aromatic N) is 4. The van der Waals surface area contributed by atoms with Gasteiger partial charge in [-0.05, 0) is 38.5 Å². The first-order valence-corrected chi connectivity index (χ1v) is 10.5. The van der Waals surface area contributed by atoms with Crippen molar-refractivity contribution in [2.45, 2.75) is 75.7 Å². The predicted molar refractivity (Wildman–Crippen MR) is 104 cm³/mol. The number of alkyl halides is 2. The van der Waals surface area contributed by atoms with Gasteiger partial charge in [0.2, 0.25) is 12.3 Å². The standard InChI is InChI=1S/C15H18F2N4O.C5H9NO/c16-15(17)6-4-10(5-7-15)21-13-11(8-18-21)14(22)20-12(19-13)9-2-1-3-9;7-5-6-3-1-2-4-6/h8-10H,1-7H2,(H,19,20,22);5H,1-4H2. The van der Waals surface area contributed by atoms with Gasteiger partial charge in [-0.1, -0.05) is 6.42 Å². The number of amides is 1. The van der Waals surface area contributed by atoms with E-state index in [1.807, 2.05) is 0 Å². The second kappa shape index (κ2) is 8.20. The Morgan fingerprint density at radius 3 is 2.34 bits per heavy atom. The van der Waals surface area contributed by atoms with Crippen molar-refractivity contribution < 1.29 is 13.6 Å². The molecule has 1 aliphatic heterocycles. The third kappa shape index (κ3) is 4.33. The van der Waals surface area contributed by atoms with E-state index in [1.54, 1.807) is 9.58 Å². The van der Waals surface area contributed by atoms with Crippen LogP contribution in [0.4, 0.5) is 8.78 Å². The molecule has 158 valence electrons. The molecule has 9 heteroatoms. The Bertz CT molecular complexity index is 905. The lowest BCUT2D eigenvalue weighted by atomic mass is 9.85. The number of aromatic amines is 1. The zero-order valence-corrected chi connectivity index (χ0v) is 16.4. The molecule has 0 aromatic carbocycles. The smallest absolute Gasteiger partial charge is 0.262 e. The molecule has 0 spiro atoms. The van der Waals surface area contributed by atoms with Crippen LogP contribution in [-0.4, -0.2) is 50.1 Å². The third-order valence-corrected chi connectivity index (χ3v) is 6.30. The minimum atomic E-state index is -2.57. The summed E-state index contributed by atoms with van der Waals surface area (Å²) < 4.78 is 28.3. The van der Waals surface area contributed by atoms with Gasteiger partial charge in [-0.15, -0.1) is 0 Å². The second-order valence-electron chi connectivity index (χ2n) is 8.34. The number of aromatic nitrogens is 4. The summed E-state index contributed by atoms with van der Waals surface area (Å²) in [6.45, 7) is 1.95. The largest absolute Gasteiger partial charge is 0.345 e. The topological polar surface area (TPSA) is 83.9 Å². The van der Waals surface area contributed by atoms with Gasteiger partial charge < -0.3 is 9.88 Å². The van der Waals surface area contributed by atoms with Gasteiger partial charge in [-0.2, -0.15) is 5.10 Å². The number of likely N-dealkylation sites (tertiary alicyclic amines) is 1. The van der Waals surface area contributed by atoms with Gasteiger partial charge in [0, 0.05) is 31.8 Å². The second-order valence-corrected chi connectivity index (χ2v) is 8.34. The number of H-pyrrole nitrogens is 1. The Morgan fingerprint density at radius 1 is 1.10 bits per heavy atom. The van der Waals surface area contributed by atoms with Crippen LogP contribution in [0.15, 0.2) is 11.0 Å². The van der Waals surface area contributed by atoms with Crippen LogP contribution in [0, 0.1) is 0 Å². The Balaban J connectivity index is 0.000000249. The molecule has 5 rings (SSSR count). The maximum Gasteiger partial charge on any atom is 0.262 e. The molecule has 0 bridgehead atoms. The summed E-state index contributed by atoms with van der Waals surface area (Å²) in [5, 5.41) is 4.71. The molecule has 0 radical (unpaired) electrons. The number of fused-ring (bicyclic) bond motifs is 1. The molecule has 1 N–H and O–H groups in total. The van der Waals surface area contributed by atoms with Crippen molar-refractivity contribution in [3.8, 4) is 0 Å². The lowest BCUT2D eigenvalue weighted by Crippen LogP contribution is -2.27. The summed E-state index contributed by atoms with van der Waals surface area (Å²) >= 11 is 0. The van der Waals surface area contributed by atoms with Crippen LogP contribution in [0.5, 0.6) is 0 Å². The summed E-state index contributed by atoms with van der Waals surface area (Å²) in [6, 6.07) is -0.0966. The molecule has 29 heavy (non-hydrogen) atoms. The highest BCUT2D eigenvalue weighted by Gasteiger charge is 2.36. The highest BCUT2D eigenvalue weighted by molar-refractivity contribution is 5.73. The zero-order valence-electron chi connectivity index (χ0n) is 16.4. The molecule has 1 amide bonds. The van der Waals surface area contributed by atoms with Crippen molar-refractivity contribution in [2.24, 2.45) is 0 Å². The fourth-order valence-electron chi connectivity index (χ4n) is 4.21. The van der Waals surface area contributed by atoms with Crippen LogP contribution in [0.1, 0.15) is 75.6 Å². The average molecular weight is 407 g/mol. The minimum absolute atomic E-state index is 0.0966. The zero-order chi connectivity index (χ0) is 20.4. The molecular formula is C20H27F2N5O2. The highest BCUT2D eigenvalue weighted by Crippen LogP contribution is 2.39. The maximum atomic E-state index is 13.3. The SMILES string of the molecule is O=CN1CCCC1.O=c1[nH]c(C2CCC2)nc2c1cnn2C1CCC(F)(F)CC1. The van der Waals surface area contributed by atoms with Gasteiger partial charge in [0.1, 0.15) is 11.2 Å². The molecule has 0 atom stereocenters. The van der Waals surface area contributed by atoms with Crippen molar-refractivity contribution in [1.82, 2.24) is 24.6 Å². The number of halogens is 2. The Kier molecular flexibility index (Phi) is 5.65. The van der Waals surface area contributed by atoms with E-state index in [-0.39, 0.29) is 24.4 Å². The molecular weight excluding hydrogens is 380 g/mol. The fraction of sp³-hybridized carbons (Fsp3) is 0.700. The van der Waals surface area contributed by atoms with E-state index >= 15 is 0 Å². The number of rotatable bonds is 3. The normalized spacial score (nSPS) is 22.2. The molecule has 3 aliphatic rings. The van der Waals surface area contributed by atoms with Crippen LogP contribution in [0.25, 0.3) is 11.0 Å². The van der Waals surface area contributed by atoms with Crippen molar-refractivity contribution >= 4 is 17.4 Å². The molecule has 3 heterocycles. The summed E-state index contributed by atoms with van der Waals surface area (Å²) in [6.07, 6.45) is 8.53. The molecule has 2 aliphatic carbocycles. The summed E-state index contributed by atoms with van der Waals surface area (Å²) in [4.78, 5) is 31.3. The quantitative estimate of drug-likeness (QED) is 0.791. The number of hydrogen-bond donors (Lipinski definition) is 1. The van der Waals surface area contributed by atoms with Crippen LogP contribution in [-0.2, 0) is 4.79 Å².